The lowest BCUT2D eigenvalue weighted by Crippen LogP contribution is -2.20. The van der Waals surface area contributed by atoms with Gasteiger partial charge in [-0.2, -0.15) is 0 Å². The normalized spacial score (nSPS) is 10.7. The number of nitrogens with one attached hydrogen (secondary N) is 1. The maximum Gasteiger partial charge on any atom is 0.264 e. The SMILES string of the molecule is Cc1ccc(C)c(OCC(=O)Nc2nc(-c3ccc(Br)cc3)c(C)s2)c1C. The van der Waals surface area contributed by atoms with Crippen molar-refractivity contribution in [1.82, 2.24) is 4.98 Å². The van der Waals surface area contributed by atoms with Gasteiger partial charge in [-0.1, -0.05) is 40.2 Å². The summed E-state index contributed by atoms with van der Waals surface area (Å²) in [5.41, 5.74) is 5.13. The Hall–Kier alpha value is -2.18. The Morgan fingerprint density at radius 3 is 2.44 bits per heavy atom. The van der Waals surface area contributed by atoms with Gasteiger partial charge in [0.2, 0.25) is 0 Å². The number of aryl methyl sites for hydroxylation is 3. The molecule has 0 radical (unpaired) electrons. The van der Waals surface area contributed by atoms with Gasteiger partial charge in [0.15, 0.2) is 11.7 Å². The first-order valence-corrected chi connectivity index (χ1v) is 10.2. The molecule has 0 aliphatic rings. The molecule has 1 N–H and O–H groups in total. The van der Waals surface area contributed by atoms with Crippen LogP contribution in [-0.2, 0) is 4.79 Å². The van der Waals surface area contributed by atoms with Crippen LogP contribution < -0.4 is 10.1 Å². The molecule has 3 aromatic rings. The zero-order chi connectivity index (χ0) is 19.6. The van der Waals surface area contributed by atoms with E-state index in [1.165, 1.54) is 11.3 Å². The summed E-state index contributed by atoms with van der Waals surface area (Å²) in [6.07, 6.45) is 0. The summed E-state index contributed by atoms with van der Waals surface area (Å²) < 4.78 is 6.80. The number of rotatable bonds is 5. The summed E-state index contributed by atoms with van der Waals surface area (Å²) >= 11 is 4.90. The molecule has 0 aliphatic heterocycles. The summed E-state index contributed by atoms with van der Waals surface area (Å²) in [6, 6.07) is 12.0. The number of halogens is 1. The summed E-state index contributed by atoms with van der Waals surface area (Å²) in [4.78, 5) is 17.9. The quantitative estimate of drug-likeness (QED) is 0.538. The van der Waals surface area contributed by atoms with Crippen LogP contribution in [0.1, 0.15) is 21.6 Å². The zero-order valence-corrected chi connectivity index (χ0v) is 18.1. The third-order valence-electron chi connectivity index (χ3n) is 4.38. The molecule has 0 fully saturated rings. The Labute approximate surface area is 171 Å². The number of amides is 1. The number of thiazole rings is 1. The van der Waals surface area contributed by atoms with E-state index in [1.54, 1.807) is 0 Å². The number of ether oxygens (including phenoxy) is 1. The molecule has 0 bridgehead atoms. The van der Waals surface area contributed by atoms with E-state index in [2.05, 4.69) is 32.3 Å². The lowest BCUT2D eigenvalue weighted by Gasteiger charge is -2.13. The number of aromatic nitrogens is 1. The lowest BCUT2D eigenvalue weighted by atomic mass is 10.1. The van der Waals surface area contributed by atoms with Gasteiger partial charge in [-0.05, 0) is 56.5 Å². The van der Waals surface area contributed by atoms with Gasteiger partial charge in [-0.15, -0.1) is 11.3 Å². The Balaban J connectivity index is 1.68. The van der Waals surface area contributed by atoms with Crippen LogP contribution in [0.25, 0.3) is 11.3 Å². The predicted molar refractivity (Wildman–Crippen MR) is 115 cm³/mol. The Kier molecular flexibility index (Phi) is 5.97. The minimum absolute atomic E-state index is 0.0443. The highest BCUT2D eigenvalue weighted by atomic mass is 79.9. The summed E-state index contributed by atoms with van der Waals surface area (Å²) in [6.45, 7) is 7.97. The molecule has 1 aromatic heterocycles. The van der Waals surface area contributed by atoms with Crippen molar-refractivity contribution in [2.75, 3.05) is 11.9 Å². The van der Waals surface area contributed by atoms with Crippen molar-refractivity contribution in [1.29, 1.82) is 0 Å². The highest BCUT2D eigenvalue weighted by Gasteiger charge is 2.14. The van der Waals surface area contributed by atoms with Gasteiger partial charge in [0.1, 0.15) is 5.75 Å². The van der Waals surface area contributed by atoms with Crippen molar-refractivity contribution in [3.63, 3.8) is 0 Å². The lowest BCUT2D eigenvalue weighted by molar-refractivity contribution is -0.118. The first-order valence-electron chi connectivity index (χ1n) is 8.58. The number of hydrogen-bond acceptors (Lipinski definition) is 4. The second-order valence-corrected chi connectivity index (χ2v) is 8.54. The Morgan fingerprint density at radius 1 is 1.07 bits per heavy atom. The predicted octanol–water partition coefficient (Wildman–Crippen LogP) is 5.82. The number of anilines is 1. The van der Waals surface area contributed by atoms with Gasteiger partial charge < -0.3 is 4.74 Å². The first-order chi connectivity index (χ1) is 12.8. The fourth-order valence-electron chi connectivity index (χ4n) is 2.77. The molecule has 4 nitrogen and oxygen atoms in total. The van der Waals surface area contributed by atoms with Crippen molar-refractivity contribution >= 4 is 38.3 Å². The van der Waals surface area contributed by atoms with Crippen LogP contribution in [0.2, 0.25) is 0 Å². The van der Waals surface area contributed by atoms with E-state index in [-0.39, 0.29) is 12.5 Å². The fraction of sp³-hybridized carbons (Fsp3) is 0.238. The molecule has 6 heteroatoms. The second-order valence-electron chi connectivity index (χ2n) is 6.42. The maximum absolute atomic E-state index is 12.3. The Morgan fingerprint density at radius 2 is 1.74 bits per heavy atom. The molecule has 0 atom stereocenters. The highest BCUT2D eigenvalue weighted by Crippen LogP contribution is 2.31. The third-order valence-corrected chi connectivity index (χ3v) is 5.80. The van der Waals surface area contributed by atoms with E-state index in [1.807, 2.05) is 58.0 Å². The van der Waals surface area contributed by atoms with Crippen molar-refractivity contribution in [2.45, 2.75) is 27.7 Å². The van der Waals surface area contributed by atoms with Crippen LogP contribution in [0, 0.1) is 27.7 Å². The molecule has 0 saturated heterocycles. The van der Waals surface area contributed by atoms with E-state index in [4.69, 9.17) is 4.74 Å². The molecule has 0 unspecified atom stereocenters. The van der Waals surface area contributed by atoms with Gasteiger partial charge in [0.25, 0.3) is 5.91 Å². The zero-order valence-electron chi connectivity index (χ0n) is 15.7. The van der Waals surface area contributed by atoms with Crippen molar-refractivity contribution in [3.8, 4) is 17.0 Å². The Bertz CT molecular complexity index is 981. The molecule has 1 heterocycles. The number of carbonyl (C=O) groups excluding carboxylic acids is 1. The van der Waals surface area contributed by atoms with E-state index in [9.17, 15) is 4.79 Å². The van der Waals surface area contributed by atoms with Crippen LogP contribution in [0.5, 0.6) is 5.75 Å². The summed E-state index contributed by atoms with van der Waals surface area (Å²) in [7, 11) is 0. The van der Waals surface area contributed by atoms with Crippen LogP contribution in [0.3, 0.4) is 0 Å². The number of benzene rings is 2. The van der Waals surface area contributed by atoms with E-state index >= 15 is 0 Å². The summed E-state index contributed by atoms with van der Waals surface area (Å²) in [5.74, 6) is 0.558. The fourth-order valence-corrected chi connectivity index (χ4v) is 3.88. The molecule has 27 heavy (non-hydrogen) atoms. The van der Waals surface area contributed by atoms with Gasteiger partial charge >= 0.3 is 0 Å². The molecular weight excluding hydrogens is 424 g/mol. The molecule has 0 spiro atoms. The van der Waals surface area contributed by atoms with Gasteiger partial charge in [-0.3, -0.25) is 10.1 Å². The maximum atomic E-state index is 12.3. The molecule has 1 amide bonds. The van der Waals surface area contributed by atoms with Crippen LogP contribution in [0.15, 0.2) is 40.9 Å². The minimum Gasteiger partial charge on any atom is -0.483 e. The first kappa shape index (κ1) is 19.6. The topological polar surface area (TPSA) is 51.2 Å². The van der Waals surface area contributed by atoms with Gasteiger partial charge in [0, 0.05) is 14.9 Å². The highest BCUT2D eigenvalue weighted by molar-refractivity contribution is 9.10. The standard InChI is InChI=1S/C21H21BrN2O2S/c1-12-5-6-13(2)20(14(12)3)26-11-18(25)23-21-24-19(15(4)27-21)16-7-9-17(22)10-8-16/h5-10H,11H2,1-4H3,(H,23,24,25). The van der Waals surface area contributed by atoms with Crippen LogP contribution in [0.4, 0.5) is 5.13 Å². The van der Waals surface area contributed by atoms with Crippen molar-refractivity contribution in [2.24, 2.45) is 0 Å². The monoisotopic (exact) mass is 444 g/mol. The summed E-state index contributed by atoms with van der Waals surface area (Å²) in [5, 5.41) is 3.42. The number of nitrogens with zero attached hydrogens (tertiary/aromatic N) is 1. The second kappa shape index (κ2) is 8.23. The van der Waals surface area contributed by atoms with E-state index in [0.29, 0.717) is 5.13 Å². The molecular formula is C21H21BrN2O2S. The van der Waals surface area contributed by atoms with Crippen LogP contribution >= 0.6 is 27.3 Å². The average Bonchev–Trinajstić information content (AvgIpc) is 2.99. The van der Waals surface area contributed by atoms with Crippen LogP contribution in [-0.4, -0.2) is 17.5 Å². The smallest absolute Gasteiger partial charge is 0.264 e. The average molecular weight is 445 g/mol. The largest absolute Gasteiger partial charge is 0.483 e. The van der Waals surface area contributed by atoms with E-state index in [0.717, 1.165) is 43.0 Å². The molecule has 0 aliphatic carbocycles. The number of carbonyl (C=O) groups is 1. The molecule has 0 saturated carbocycles. The van der Waals surface area contributed by atoms with Crippen molar-refractivity contribution in [3.05, 3.63) is 62.4 Å². The minimum atomic E-state index is -0.216. The van der Waals surface area contributed by atoms with Crippen molar-refractivity contribution < 1.29 is 9.53 Å². The molecule has 3 rings (SSSR count). The molecule has 140 valence electrons. The third kappa shape index (κ3) is 4.57. The molecule has 2 aromatic carbocycles. The van der Waals surface area contributed by atoms with Gasteiger partial charge in [0.05, 0.1) is 5.69 Å². The van der Waals surface area contributed by atoms with Gasteiger partial charge in [-0.25, -0.2) is 4.98 Å². The van der Waals surface area contributed by atoms with E-state index < -0.39 is 0 Å². The number of hydrogen-bond donors (Lipinski definition) is 1.